The summed E-state index contributed by atoms with van der Waals surface area (Å²) < 4.78 is 1.90. The lowest BCUT2D eigenvalue weighted by Crippen LogP contribution is -2.46. The van der Waals surface area contributed by atoms with Gasteiger partial charge in [-0.1, -0.05) is 30.3 Å². The first-order valence-corrected chi connectivity index (χ1v) is 8.38. The topological polar surface area (TPSA) is 50.1 Å². The number of anilines is 1. The molecule has 124 valence electrons. The molecule has 1 fully saturated rings. The predicted molar refractivity (Wildman–Crippen MR) is 95.0 cm³/mol. The van der Waals surface area contributed by atoms with Gasteiger partial charge in [0.2, 0.25) is 0 Å². The number of rotatable bonds is 3. The lowest BCUT2D eigenvalue weighted by Gasteiger charge is -2.35. The average Bonchev–Trinajstić information content (AvgIpc) is 2.91. The van der Waals surface area contributed by atoms with Crippen LogP contribution >= 0.6 is 0 Å². The second-order valence-corrected chi connectivity index (χ2v) is 6.35. The molecular formula is C18H22N6. The largest absolute Gasteiger partial charge is 0.352 e. The average molecular weight is 322 g/mol. The predicted octanol–water partition coefficient (Wildman–Crippen LogP) is 1.99. The molecule has 0 aliphatic carbocycles. The Bertz CT molecular complexity index is 833. The van der Waals surface area contributed by atoms with Crippen LogP contribution in [0.5, 0.6) is 0 Å². The second kappa shape index (κ2) is 6.20. The van der Waals surface area contributed by atoms with Crippen molar-refractivity contribution < 1.29 is 0 Å². The van der Waals surface area contributed by atoms with E-state index >= 15 is 0 Å². The maximum atomic E-state index is 4.55. The number of fused-ring (bicyclic) bond motifs is 1. The highest BCUT2D eigenvalue weighted by Gasteiger charge is 2.22. The van der Waals surface area contributed by atoms with Crippen LogP contribution in [0.2, 0.25) is 0 Å². The van der Waals surface area contributed by atoms with E-state index in [1.807, 2.05) is 18.7 Å². The summed E-state index contributed by atoms with van der Waals surface area (Å²) in [5.74, 6) is 1.00. The molecule has 3 aromatic rings. The van der Waals surface area contributed by atoms with Gasteiger partial charge in [-0.05, 0) is 12.5 Å². The number of aromatic nitrogens is 4. The van der Waals surface area contributed by atoms with Gasteiger partial charge in [-0.3, -0.25) is 9.58 Å². The fourth-order valence-electron chi connectivity index (χ4n) is 3.45. The Hall–Kier alpha value is -2.47. The summed E-state index contributed by atoms with van der Waals surface area (Å²) >= 11 is 0. The van der Waals surface area contributed by atoms with Gasteiger partial charge in [-0.25, -0.2) is 9.97 Å². The Balaban J connectivity index is 1.50. The van der Waals surface area contributed by atoms with Gasteiger partial charge in [0.1, 0.15) is 17.4 Å². The minimum absolute atomic E-state index is 0.953. The van der Waals surface area contributed by atoms with Crippen molar-refractivity contribution in [1.29, 1.82) is 0 Å². The minimum Gasteiger partial charge on any atom is -0.352 e. The maximum Gasteiger partial charge on any atom is 0.158 e. The van der Waals surface area contributed by atoms with Crippen LogP contribution in [0.15, 0.2) is 36.7 Å². The van der Waals surface area contributed by atoms with Gasteiger partial charge in [-0.15, -0.1) is 0 Å². The first-order chi connectivity index (χ1) is 11.7. The number of benzene rings is 1. The number of aryl methyl sites for hydroxylation is 2. The molecular weight excluding hydrogens is 300 g/mol. The van der Waals surface area contributed by atoms with Crippen LogP contribution in [-0.2, 0) is 13.6 Å². The molecule has 0 atom stereocenters. The molecule has 0 N–H and O–H groups in total. The maximum absolute atomic E-state index is 4.55. The molecule has 0 amide bonds. The van der Waals surface area contributed by atoms with E-state index in [1.54, 1.807) is 6.33 Å². The van der Waals surface area contributed by atoms with Crippen molar-refractivity contribution in [2.75, 3.05) is 31.1 Å². The Kier molecular flexibility index (Phi) is 3.90. The van der Waals surface area contributed by atoms with Crippen LogP contribution in [0.4, 0.5) is 5.82 Å². The zero-order valence-corrected chi connectivity index (χ0v) is 14.2. The SMILES string of the molecule is Cc1nn(C)c2c(N3CCN(Cc4ccccc4)CC3)ncnc12. The summed E-state index contributed by atoms with van der Waals surface area (Å²) in [6.45, 7) is 7.04. The van der Waals surface area contributed by atoms with Gasteiger partial charge in [0.05, 0.1) is 5.69 Å². The third-order valence-corrected chi connectivity index (χ3v) is 4.69. The molecule has 0 radical (unpaired) electrons. The zero-order valence-electron chi connectivity index (χ0n) is 14.2. The summed E-state index contributed by atoms with van der Waals surface area (Å²) in [6.07, 6.45) is 1.66. The molecule has 4 rings (SSSR count). The number of hydrogen-bond donors (Lipinski definition) is 0. The second-order valence-electron chi connectivity index (χ2n) is 6.35. The van der Waals surface area contributed by atoms with Crippen LogP contribution in [0.1, 0.15) is 11.3 Å². The lowest BCUT2D eigenvalue weighted by atomic mass is 10.2. The van der Waals surface area contributed by atoms with E-state index in [4.69, 9.17) is 0 Å². The molecule has 1 aliphatic heterocycles. The lowest BCUT2D eigenvalue weighted by molar-refractivity contribution is 0.249. The molecule has 24 heavy (non-hydrogen) atoms. The standard InChI is InChI=1S/C18H22N6/c1-14-16-17(22(2)21-14)18(20-13-19-16)24-10-8-23(9-11-24)12-15-6-4-3-5-7-15/h3-7,13H,8-12H2,1-2H3. The molecule has 1 aliphatic rings. The van der Waals surface area contributed by atoms with Gasteiger partial charge in [0, 0.05) is 39.8 Å². The Morgan fingerprint density at radius 2 is 1.75 bits per heavy atom. The van der Waals surface area contributed by atoms with E-state index in [2.05, 4.69) is 55.2 Å². The summed E-state index contributed by atoms with van der Waals surface area (Å²) in [5, 5.41) is 4.49. The molecule has 2 aromatic heterocycles. The van der Waals surface area contributed by atoms with Crippen LogP contribution in [0, 0.1) is 6.92 Å². The van der Waals surface area contributed by atoms with Crippen LogP contribution in [0.3, 0.4) is 0 Å². The van der Waals surface area contributed by atoms with E-state index in [-0.39, 0.29) is 0 Å². The smallest absolute Gasteiger partial charge is 0.158 e. The summed E-state index contributed by atoms with van der Waals surface area (Å²) in [5.41, 5.74) is 4.32. The molecule has 0 spiro atoms. The fraction of sp³-hybridized carbons (Fsp3) is 0.389. The molecule has 0 bridgehead atoms. The van der Waals surface area contributed by atoms with E-state index in [1.165, 1.54) is 5.56 Å². The van der Waals surface area contributed by atoms with Crippen molar-refractivity contribution >= 4 is 16.9 Å². The van der Waals surface area contributed by atoms with Crippen LogP contribution in [-0.4, -0.2) is 50.8 Å². The van der Waals surface area contributed by atoms with E-state index in [9.17, 15) is 0 Å². The number of nitrogens with zero attached hydrogens (tertiary/aromatic N) is 6. The van der Waals surface area contributed by atoms with Gasteiger partial charge >= 0.3 is 0 Å². The molecule has 6 nitrogen and oxygen atoms in total. The minimum atomic E-state index is 0.953. The van der Waals surface area contributed by atoms with E-state index < -0.39 is 0 Å². The fourth-order valence-corrected chi connectivity index (χ4v) is 3.45. The summed E-state index contributed by atoms with van der Waals surface area (Å²) in [4.78, 5) is 13.8. The first kappa shape index (κ1) is 15.1. The van der Waals surface area contributed by atoms with Gasteiger partial charge in [0.25, 0.3) is 0 Å². The molecule has 0 unspecified atom stereocenters. The van der Waals surface area contributed by atoms with Crippen molar-refractivity contribution in [2.24, 2.45) is 7.05 Å². The number of hydrogen-bond acceptors (Lipinski definition) is 5. The van der Waals surface area contributed by atoms with Crippen molar-refractivity contribution in [3.8, 4) is 0 Å². The van der Waals surface area contributed by atoms with Crippen LogP contribution < -0.4 is 4.90 Å². The third kappa shape index (κ3) is 2.73. The van der Waals surface area contributed by atoms with Crippen molar-refractivity contribution in [2.45, 2.75) is 13.5 Å². The normalized spacial score (nSPS) is 16.0. The van der Waals surface area contributed by atoms with Crippen molar-refractivity contribution in [1.82, 2.24) is 24.6 Å². The molecule has 0 saturated carbocycles. The van der Waals surface area contributed by atoms with Crippen molar-refractivity contribution in [3.05, 3.63) is 47.9 Å². The van der Waals surface area contributed by atoms with E-state index in [0.29, 0.717) is 0 Å². The Morgan fingerprint density at radius 3 is 2.50 bits per heavy atom. The zero-order chi connectivity index (χ0) is 16.5. The van der Waals surface area contributed by atoms with Gasteiger partial charge in [0.15, 0.2) is 5.82 Å². The third-order valence-electron chi connectivity index (χ3n) is 4.69. The number of piperazine rings is 1. The molecule has 6 heteroatoms. The van der Waals surface area contributed by atoms with E-state index in [0.717, 1.165) is 55.3 Å². The van der Waals surface area contributed by atoms with Gasteiger partial charge in [-0.2, -0.15) is 5.10 Å². The quantitative estimate of drug-likeness (QED) is 0.738. The molecule has 1 saturated heterocycles. The first-order valence-electron chi connectivity index (χ1n) is 8.38. The Morgan fingerprint density at radius 1 is 1.00 bits per heavy atom. The van der Waals surface area contributed by atoms with Crippen LogP contribution in [0.25, 0.3) is 11.0 Å². The molecule has 3 heterocycles. The summed E-state index contributed by atoms with van der Waals surface area (Å²) in [6, 6.07) is 10.7. The monoisotopic (exact) mass is 322 g/mol. The highest BCUT2D eigenvalue weighted by Crippen LogP contribution is 2.25. The van der Waals surface area contributed by atoms with Crippen molar-refractivity contribution in [3.63, 3.8) is 0 Å². The Labute approximate surface area is 141 Å². The summed E-state index contributed by atoms with van der Waals surface area (Å²) in [7, 11) is 1.97. The van der Waals surface area contributed by atoms with Gasteiger partial charge < -0.3 is 4.90 Å². The molecule has 1 aromatic carbocycles. The highest BCUT2D eigenvalue weighted by atomic mass is 15.3. The highest BCUT2D eigenvalue weighted by molar-refractivity contribution is 5.87.